The minimum Gasteiger partial charge on any atom is -0.480 e. The lowest BCUT2D eigenvalue weighted by Crippen LogP contribution is -2.30. The van der Waals surface area contributed by atoms with Gasteiger partial charge in [0.15, 0.2) is 0 Å². The Morgan fingerprint density at radius 2 is 1.72 bits per heavy atom. The molecule has 7 heteroatoms. The molecule has 0 spiro atoms. The Kier molecular flexibility index (Phi) is 7.40. The third kappa shape index (κ3) is 6.02. The van der Waals surface area contributed by atoms with Gasteiger partial charge in [-0.2, -0.15) is 0 Å². The molecule has 0 radical (unpaired) electrons. The first-order valence-electron chi connectivity index (χ1n) is 5.95. The minimum absolute atomic E-state index is 0.0861. The number of hydrogen-bond donors (Lipinski definition) is 1. The standard InChI is InChI=1S/C11H23O4PS2/c1-7-11(6,10(12)13)18-16(17,14-8(2)3)15-9(4)5/h8-9H,7H2,1-6H3,(H,12,13). The van der Waals surface area contributed by atoms with Crippen molar-refractivity contribution in [3.63, 3.8) is 0 Å². The smallest absolute Gasteiger partial charge is 0.320 e. The summed E-state index contributed by atoms with van der Waals surface area (Å²) in [6.45, 7) is 11.0. The molecule has 1 unspecified atom stereocenters. The quantitative estimate of drug-likeness (QED) is 0.682. The van der Waals surface area contributed by atoms with Crippen molar-refractivity contribution in [2.45, 2.75) is 64.9 Å². The van der Waals surface area contributed by atoms with Crippen molar-refractivity contribution in [2.75, 3.05) is 0 Å². The second-order valence-electron chi connectivity index (χ2n) is 4.74. The Labute approximate surface area is 119 Å². The second kappa shape index (κ2) is 7.25. The van der Waals surface area contributed by atoms with Gasteiger partial charge in [-0.3, -0.25) is 4.79 Å². The average molecular weight is 314 g/mol. The summed E-state index contributed by atoms with van der Waals surface area (Å²) >= 11 is 6.60. The molecule has 0 saturated heterocycles. The van der Waals surface area contributed by atoms with E-state index >= 15 is 0 Å². The number of carbonyl (C=O) groups is 1. The van der Waals surface area contributed by atoms with E-state index in [0.29, 0.717) is 6.42 Å². The summed E-state index contributed by atoms with van der Waals surface area (Å²) in [6.07, 6.45) is 0.294. The molecule has 0 aliphatic carbocycles. The SMILES string of the molecule is CCC(C)(SP(=S)(OC(C)C)OC(C)C)C(=O)O. The summed E-state index contributed by atoms with van der Waals surface area (Å²) in [7, 11) is 0. The molecule has 18 heavy (non-hydrogen) atoms. The fourth-order valence-corrected chi connectivity index (χ4v) is 8.86. The van der Waals surface area contributed by atoms with Crippen LogP contribution in [0.15, 0.2) is 0 Å². The van der Waals surface area contributed by atoms with Gasteiger partial charge in [0.1, 0.15) is 4.75 Å². The van der Waals surface area contributed by atoms with Crippen LogP contribution in [0.4, 0.5) is 0 Å². The first kappa shape index (κ1) is 18.4. The largest absolute Gasteiger partial charge is 0.480 e. The van der Waals surface area contributed by atoms with E-state index in [-0.39, 0.29) is 12.2 Å². The lowest BCUT2D eigenvalue weighted by Gasteiger charge is -2.32. The van der Waals surface area contributed by atoms with E-state index in [9.17, 15) is 9.90 Å². The van der Waals surface area contributed by atoms with Gasteiger partial charge in [0.2, 0.25) is 5.69 Å². The molecule has 0 saturated carbocycles. The molecular weight excluding hydrogens is 291 g/mol. The monoisotopic (exact) mass is 314 g/mol. The molecule has 0 rings (SSSR count). The number of hydrogen-bond acceptors (Lipinski definition) is 5. The van der Waals surface area contributed by atoms with E-state index in [1.165, 1.54) is 0 Å². The molecule has 0 aromatic rings. The van der Waals surface area contributed by atoms with Gasteiger partial charge in [-0.05, 0) is 52.8 Å². The predicted octanol–water partition coefficient (Wildman–Crippen LogP) is 4.05. The molecule has 0 aromatic carbocycles. The van der Waals surface area contributed by atoms with Crippen LogP contribution in [0, 0.1) is 0 Å². The summed E-state index contributed by atoms with van der Waals surface area (Å²) in [5, 5.41) is 9.30. The zero-order chi connectivity index (χ0) is 14.6. The van der Waals surface area contributed by atoms with Crippen molar-refractivity contribution >= 4 is 34.9 Å². The van der Waals surface area contributed by atoms with Gasteiger partial charge < -0.3 is 14.2 Å². The highest BCUT2D eigenvalue weighted by Gasteiger charge is 2.40. The molecular formula is C11H23O4PS2. The van der Waals surface area contributed by atoms with E-state index in [1.807, 2.05) is 34.6 Å². The number of aliphatic carboxylic acids is 1. The molecule has 0 aliphatic heterocycles. The first-order valence-corrected chi connectivity index (χ1v) is 10.0. The maximum Gasteiger partial charge on any atom is 0.320 e. The number of carboxylic acid groups (broad SMARTS) is 1. The Bertz CT molecular complexity index is 319. The van der Waals surface area contributed by atoms with Gasteiger partial charge in [0, 0.05) is 0 Å². The topological polar surface area (TPSA) is 55.8 Å². The highest BCUT2D eigenvalue weighted by Crippen LogP contribution is 2.67. The zero-order valence-electron chi connectivity index (χ0n) is 11.8. The van der Waals surface area contributed by atoms with Crippen LogP contribution in [0.25, 0.3) is 0 Å². The Morgan fingerprint density at radius 3 is 1.94 bits per heavy atom. The molecule has 0 bridgehead atoms. The number of carboxylic acids is 1. The maximum atomic E-state index is 11.3. The van der Waals surface area contributed by atoms with Gasteiger partial charge in [-0.15, -0.1) is 0 Å². The van der Waals surface area contributed by atoms with Crippen LogP contribution in [0.2, 0.25) is 0 Å². The molecule has 0 heterocycles. The van der Waals surface area contributed by atoms with Crippen LogP contribution in [0.1, 0.15) is 48.0 Å². The normalized spacial score (nSPS) is 16.0. The van der Waals surface area contributed by atoms with Gasteiger partial charge >= 0.3 is 5.97 Å². The summed E-state index contributed by atoms with van der Waals surface area (Å²) in [4.78, 5) is 11.3. The van der Waals surface area contributed by atoms with Crippen LogP contribution in [0.5, 0.6) is 0 Å². The summed E-state index contributed by atoms with van der Waals surface area (Å²) < 4.78 is 10.4. The Balaban J connectivity index is 5.10. The molecule has 4 nitrogen and oxygen atoms in total. The molecule has 0 aromatic heterocycles. The van der Waals surface area contributed by atoms with E-state index < -0.39 is 16.4 Å². The van der Waals surface area contributed by atoms with Crippen molar-refractivity contribution in [3.05, 3.63) is 0 Å². The zero-order valence-corrected chi connectivity index (χ0v) is 14.3. The van der Waals surface area contributed by atoms with Gasteiger partial charge in [0.25, 0.3) is 0 Å². The van der Waals surface area contributed by atoms with E-state index in [2.05, 4.69) is 0 Å². The highest BCUT2D eigenvalue weighted by atomic mass is 32.9. The minimum atomic E-state index is -2.65. The van der Waals surface area contributed by atoms with Crippen molar-refractivity contribution in [2.24, 2.45) is 0 Å². The molecule has 0 fully saturated rings. The van der Waals surface area contributed by atoms with E-state index in [1.54, 1.807) is 6.92 Å². The lowest BCUT2D eigenvalue weighted by molar-refractivity contribution is -0.139. The summed E-state index contributed by atoms with van der Waals surface area (Å²) in [6, 6.07) is 0. The Hall–Kier alpha value is 0.390. The van der Waals surface area contributed by atoms with Gasteiger partial charge in [-0.25, -0.2) is 0 Å². The van der Waals surface area contributed by atoms with Crippen molar-refractivity contribution in [1.82, 2.24) is 0 Å². The third-order valence-corrected chi connectivity index (χ3v) is 8.15. The predicted molar refractivity (Wildman–Crippen MR) is 80.6 cm³/mol. The van der Waals surface area contributed by atoms with Gasteiger partial charge in [-0.1, -0.05) is 18.3 Å². The van der Waals surface area contributed by atoms with Crippen molar-refractivity contribution in [1.29, 1.82) is 0 Å². The fourth-order valence-electron chi connectivity index (χ4n) is 1.09. The summed E-state index contributed by atoms with van der Waals surface area (Å²) in [5.41, 5.74) is -2.65. The highest BCUT2D eigenvalue weighted by molar-refractivity contribution is 8.68. The number of rotatable bonds is 8. The maximum absolute atomic E-state index is 11.3. The van der Waals surface area contributed by atoms with E-state index in [0.717, 1.165) is 11.4 Å². The lowest BCUT2D eigenvalue weighted by atomic mass is 10.1. The van der Waals surface area contributed by atoms with Crippen LogP contribution in [0.3, 0.4) is 0 Å². The van der Waals surface area contributed by atoms with E-state index in [4.69, 9.17) is 20.9 Å². The summed E-state index contributed by atoms with van der Waals surface area (Å²) in [5.74, 6) is -0.885. The van der Waals surface area contributed by atoms with Crippen LogP contribution >= 0.6 is 17.1 Å². The van der Waals surface area contributed by atoms with Crippen LogP contribution in [-0.2, 0) is 25.6 Å². The average Bonchev–Trinajstić information content (AvgIpc) is 2.13. The third-order valence-electron chi connectivity index (χ3n) is 2.12. The fraction of sp³-hybridized carbons (Fsp3) is 0.909. The van der Waals surface area contributed by atoms with Crippen LogP contribution in [-0.4, -0.2) is 28.0 Å². The Morgan fingerprint density at radius 1 is 1.33 bits per heavy atom. The molecule has 1 N–H and O–H groups in total. The first-order chi connectivity index (χ1) is 8.04. The van der Waals surface area contributed by atoms with Gasteiger partial charge in [0.05, 0.1) is 12.2 Å². The van der Waals surface area contributed by atoms with Crippen molar-refractivity contribution < 1.29 is 18.9 Å². The second-order valence-corrected chi connectivity index (χ2v) is 11.3. The molecule has 108 valence electrons. The molecule has 0 amide bonds. The van der Waals surface area contributed by atoms with Crippen molar-refractivity contribution in [3.8, 4) is 0 Å². The molecule has 0 aliphatic rings. The van der Waals surface area contributed by atoms with Crippen LogP contribution < -0.4 is 0 Å². The molecule has 1 atom stereocenters.